The Hall–Kier alpha value is -0.220. The molecule has 0 aromatic heterocycles. The number of likely N-dealkylation sites (tertiary alicyclic amines) is 1. The second-order valence-electron chi connectivity index (χ2n) is 3.72. The summed E-state index contributed by atoms with van der Waals surface area (Å²) in [5.74, 6) is 1.37. The van der Waals surface area contributed by atoms with E-state index in [1.54, 1.807) is 11.8 Å². The number of carbonyl (C=O) groups is 1. The largest absolute Gasteiger partial charge is 0.338 e. The topological polar surface area (TPSA) is 46.3 Å². The summed E-state index contributed by atoms with van der Waals surface area (Å²) >= 11 is 1.80. The van der Waals surface area contributed by atoms with Crippen molar-refractivity contribution in [3.8, 4) is 0 Å². The fraction of sp³-hybridized carbons (Fsp3) is 0.900. The molecule has 0 radical (unpaired) electrons. The highest BCUT2D eigenvalue weighted by atomic mass is 32.2. The van der Waals surface area contributed by atoms with Crippen molar-refractivity contribution >= 4 is 17.7 Å². The molecule has 0 aromatic rings. The van der Waals surface area contributed by atoms with Crippen molar-refractivity contribution in [2.24, 2.45) is 5.73 Å². The average Bonchev–Trinajstić information content (AvgIpc) is 2.65. The minimum Gasteiger partial charge on any atom is -0.338 e. The van der Waals surface area contributed by atoms with E-state index >= 15 is 0 Å². The Morgan fingerprint density at radius 2 is 2.43 bits per heavy atom. The lowest BCUT2D eigenvalue weighted by Crippen LogP contribution is -2.39. The fourth-order valence-corrected chi connectivity index (χ4v) is 2.35. The van der Waals surface area contributed by atoms with E-state index in [0.29, 0.717) is 24.9 Å². The molecule has 1 heterocycles. The van der Waals surface area contributed by atoms with Crippen LogP contribution in [0.1, 0.15) is 25.7 Å². The molecule has 1 aliphatic heterocycles. The molecule has 3 nitrogen and oxygen atoms in total. The Kier molecular flexibility index (Phi) is 5.33. The smallest absolute Gasteiger partial charge is 0.222 e. The minimum absolute atomic E-state index is 0.298. The van der Waals surface area contributed by atoms with Crippen molar-refractivity contribution < 1.29 is 4.79 Å². The van der Waals surface area contributed by atoms with Crippen LogP contribution < -0.4 is 5.73 Å². The van der Waals surface area contributed by atoms with Gasteiger partial charge in [-0.2, -0.15) is 11.8 Å². The lowest BCUT2D eigenvalue weighted by atomic mass is 10.2. The maximum atomic E-state index is 11.8. The number of rotatable bonds is 5. The first-order chi connectivity index (χ1) is 6.79. The summed E-state index contributed by atoms with van der Waals surface area (Å²) in [7, 11) is 0. The van der Waals surface area contributed by atoms with E-state index in [1.165, 1.54) is 0 Å². The van der Waals surface area contributed by atoms with Gasteiger partial charge in [-0.25, -0.2) is 0 Å². The zero-order valence-corrected chi connectivity index (χ0v) is 9.68. The second-order valence-corrected chi connectivity index (χ2v) is 4.70. The molecule has 1 saturated heterocycles. The van der Waals surface area contributed by atoms with E-state index in [9.17, 15) is 4.79 Å². The van der Waals surface area contributed by atoms with Gasteiger partial charge in [0.2, 0.25) is 5.91 Å². The summed E-state index contributed by atoms with van der Waals surface area (Å²) in [6.07, 6.45) is 5.97. The van der Waals surface area contributed by atoms with Crippen LogP contribution in [0.15, 0.2) is 0 Å². The summed E-state index contributed by atoms with van der Waals surface area (Å²) < 4.78 is 0. The van der Waals surface area contributed by atoms with Crippen LogP contribution in [0.4, 0.5) is 0 Å². The SMILES string of the molecule is CSCCCC(=O)N1CCCC1CN. The van der Waals surface area contributed by atoms with Crippen LogP contribution in [0.3, 0.4) is 0 Å². The zero-order chi connectivity index (χ0) is 10.4. The molecule has 1 aliphatic rings. The van der Waals surface area contributed by atoms with Crippen LogP contribution in [0, 0.1) is 0 Å². The highest BCUT2D eigenvalue weighted by Gasteiger charge is 2.26. The van der Waals surface area contributed by atoms with Gasteiger partial charge < -0.3 is 10.6 Å². The van der Waals surface area contributed by atoms with Crippen LogP contribution in [-0.2, 0) is 4.79 Å². The van der Waals surface area contributed by atoms with Crippen molar-refractivity contribution in [1.82, 2.24) is 4.90 Å². The Morgan fingerprint density at radius 3 is 3.07 bits per heavy atom. The first-order valence-corrected chi connectivity index (χ1v) is 6.67. The molecule has 0 aliphatic carbocycles. The van der Waals surface area contributed by atoms with Gasteiger partial charge >= 0.3 is 0 Å². The summed E-state index contributed by atoms with van der Waals surface area (Å²) in [6.45, 7) is 1.54. The molecule has 0 spiro atoms. The molecule has 1 unspecified atom stereocenters. The van der Waals surface area contributed by atoms with Crippen molar-refractivity contribution in [3.05, 3.63) is 0 Å². The lowest BCUT2D eigenvalue weighted by molar-refractivity contribution is -0.131. The quantitative estimate of drug-likeness (QED) is 0.700. The van der Waals surface area contributed by atoms with Gasteiger partial charge in [-0.05, 0) is 31.3 Å². The normalized spacial score (nSPS) is 21.6. The number of amides is 1. The summed E-state index contributed by atoms with van der Waals surface area (Å²) in [6, 6.07) is 0.316. The lowest BCUT2D eigenvalue weighted by Gasteiger charge is -2.23. The van der Waals surface area contributed by atoms with Crippen LogP contribution in [0.25, 0.3) is 0 Å². The Morgan fingerprint density at radius 1 is 1.64 bits per heavy atom. The number of thioether (sulfide) groups is 1. The van der Waals surface area contributed by atoms with Gasteiger partial charge in [0.25, 0.3) is 0 Å². The predicted octanol–water partition coefficient (Wildman–Crippen LogP) is 1.08. The number of carbonyl (C=O) groups excluding carboxylic acids is 1. The van der Waals surface area contributed by atoms with Gasteiger partial charge in [-0.15, -0.1) is 0 Å². The van der Waals surface area contributed by atoms with Gasteiger partial charge in [0, 0.05) is 25.6 Å². The van der Waals surface area contributed by atoms with Crippen LogP contribution in [0.2, 0.25) is 0 Å². The first kappa shape index (κ1) is 11.9. The molecule has 1 amide bonds. The average molecular weight is 216 g/mol. The molecule has 1 atom stereocenters. The molecule has 2 N–H and O–H groups in total. The summed E-state index contributed by atoms with van der Waals surface area (Å²) in [4.78, 5) is 13.7. The summed E-state index contributed by atoms with van der Waals surface area (Å²) in [5, 5.41) is 0. The molecule has 1 fully saturated rings. The third kappa shape index (κ3) is 3.17. The van der Waals surface area contributed by atoms with Gasteiger partial charge in [0.1, 0.15) is 0 Å². The fourth-order valence-electron chi connectivity index (χ4n) is 1.92. The number of nitrogens with two attached hydrogens (primary N) is 1. The van der Waals surface area contributed by atoms with E-state index in [4.69, 9.17) is 5.73 Å². The van der Waals surface area contributed by atoms with E-state index in [2.05, 4.69) is 6.26 Å². The maximum absolute atomic E-state index is 11.8. The minimum atomic E-state index is 0.298. The Labute approximate surface area is 90.4 Å². The molecule has 14 heavy (non-hydrogen) atoms. The predicted molar refractivity (Wildman–Crippen MR) is 61.4 cm³/mol. The highest BCUT2D eigenvalue weighted by Crippen LogP contribution is 2.17. The number of hydrogen-bond acceptors (Lipinski definition) is 3. The standard InChI is InChI=1S/C10H20N2OS/c1-14-7-3-5-10(13)12-6-2-4-9(12)8-11/h9H,2-8,11H2,1H3. The molecular weight excluding hydrogens is 196 g/mol. The molecule has 82 valence electrons. The molecular formula is C10H20N2OS. The van der Waals surface area contributed by atoms with Crippen molar-refractivity contribution in [2.45, 2.75) is 31.7 Å². The van der Waals surface area contributed by atoms with Crippen LogP contribution in [0.5, 0.6) is 0 Å². The maximum Gasteiger partial charge on any atom is 0.222 e. The molecule has 0 bridgehead atoms. The molecule has 4 heteroatoms. The van der Waals surface area contributed by atoms with Gasteiger partial charge in [-0.1, -0.05) is 0 Å². The van der Waals surface area contributed by atoms with E-state index in [0.717, 1.165) is 31.6 Å². The van der Waals surface area contributed by atoms with Gasteiger partial charge in [0.15, 0.2) is 0 Å². The first-order valence-electron chi connectivity index (χ1n) is 5.28. The Balaban J connectivity index is 2.28. The second kappa shape index (κ2) is 6.30. The number of hydrogen-bond donors (Lipinski definition) is 1. The van der Waals surface area contributed by atoms with E-state index in [1.807, 2.05) is 4.90 Å². The highest BCUT2D eigenvalue weighted by molar-refractivity contribution is 7.98. The van der Waals surface area contributed by atoms with E-state index in [-0.39, 0.29) is 0 Å². The molecule has 1 rings (SSSR count). The van der Waals surface area contributed by atoms with Crippen molar-refractivity contribution in [1.29, 1.82) is 0 Å². The van der Waals surface area contributed by atoms with Crippen molar-refractivity contribution in [3.63, 3.8) is 0 Å². The van der Waals surface area contributed by atoms with Crippen molar-refractivity contribution in [2.75, 3.05) is 25.1 Å². The third-order valence-electron chi connectivity index (χ3n) is 2.71. The number of nitrogens with zero attached hydrogens (tertiary/aromatic N) is 1. The zero-order valence-electron chi connectivity index (χ0n) is 8.87. The van der Waals surface area contributed by atoms with Crippen LogP contribution >= 0.6 is 11.8 Å². The Bertz CT molecular complexity index is 187. The molecule has 0 aromatic carbocycles. The van der Waals surface area contributed by atoms with Gasteiger partial charge in [0.05, 0.1) is 0 Å². The van der Waals surface area contributed by atoms with E-state index < -0.39 is 0 Å². The summed E-state index contributed by atoms with van der Waals surface area (Å²) in [5.41, 5.74) is 5.62. The molecule has 0 saturated carbocycles. The van der Waals surface area contributed by atoms with Gasteiger partial charge in [-0.3, -0.25) is 4.79 Å². The van der Waals surface area contributed by atoms with Crippen LogP contribution in [-0.4, -0.2) is 41.9 Å². The third-order valence-corrected chi connectivity index (χ3v) is 3.41. The monoisotopic (exact) mass is 216 g/mol.